The molecule has 0 aliphatic carbocycles. The summed E-state index contributed by atoms with van der Waals surface area (Å²) in [6, 6.07) is 16.6. The first kappa shape index (κ1) is 61.0. The van der Waals surface area contributed by atoms with Crippen molar-refractivity contribution in [2.24, 2.45) is 0 Å². The molecule has 0 heterocycles. The number of carbonyl (C=O) groups is 1. The molecule has 0 spiro atoms. The Balaban J connectivity index is 1.83. The summed E-state index contributed by atoms with van der Waals surface area (Å²) in [5.41, 5.74) is 2.45. The number of amides is 1. The molecule has 3 aromatic rings. The Morgan fingerprint density at radius 1 is 0.443 bits per heavy atom. The van der Waals surface area contributed by atoms with Gasteiger partial charge >= 0.3 is 6.09 Å². The zero-order valence-corrected chi connectivity index (χ0v) is 43.2. The number of nitrogens with one attached hydrogen (secondary N) is 3. The second-order valence-electron chi connectivity index (χ2n) is 13.8. The summed E-state index contributed by atoms with van der Waals surface area (Å²) < 4.78 is 28.2. The van der Waals surface area contributed by atoms with Gasteiger partial charge in [-0.3, -0.25) is 5.32 Å². The van der Waals surface area contributed by atoms with E-state index in [-0.39, 0.29) is 28.7 Å². The Morgan fingerprint density at radius 3 is 1.06 bits per heavy atom. The molecule has 3 aromatic carbocycles. The van der Waals surface area contributed by atoms with E-state index in [0.717, 1.165) is 16.7 Å². The van der Waals surface area contributed by atoms with Crippen molar-refractivity contribution in [2.75, 3.05) is 14.2 Å². The molecule has 0 saturated carbocycles. The number of aliphatic hydroxyl groups excluding tert-OH is 2. The van der Waals surface area contributed by atoms with Gasteiger partial charge in [-0.2, -0.15) is 0 Å². The molecule has 3 rings (SSSR count). The molecule has 0 bridgehead atoms. The largest absolute Gasteiger partial charge is 0.493 e. The van der Waals surface area contributed by atoms with Gasteiger partial charge in [0.2, 0.25) is 5.79 Å². The lowest BCUT2D eigenvalue weighted by Gasteiger charge is -2.34. The van der Waals surface area contributed by atoms with Crippen LogP contribution in [0.25, 0.3) is 18.2 Å². The average Bonchev–Trinajstić information content (AvgIpc) is 3.44. The summed E-state index contributed by atoms with van der Waals surface area (Å²) in [5, 5.41) is 30.6. The van der Waals surface area contributed by atoms with E-state index in [1.54, 1.807) is 67.6 Å². The van der Waals surface area contributed by atoms with E-state index in [9.17, 15) is 15.0 Å². The van der Waals surface area contributed by atoms with Gasteiger partial charge in [-0.1, -0.05) is 66.6 Å². The number of aliphatic hydroxyl groups is 2. The molecule has 0 aliphatic heterocycles. The fourth-order valence-electron chi connectivity index (χ4n) is 5.29. The Morgan fingerprint density at radius 2 is 0.747 bits per heavy atom. The third-order valence-electron chi connectivity index (χ3n) is 8.30. The van der Waals surface area contributed by atoms with Gasteiger partial charge in [0, 0.05) is 94.7 Å². The molecule has 11 nitrogen and oxygen atoms in total. The van der Waals surface area contributed by atoms with Crippen LogP contribution in [0, 0.1) is 201 Å². The van der Waals surface area contributed by atoms with Crippen molar-refractivity contribution in [3.05, 3.63) is 95.6 Å². The van der Waals surface area contributed by atoms with Crippen LogP contribution in [0.3, 0.4) is 0 Å². The van der Waals surface area contributed by atoms with Gasteiger partial charge in [0.05, 0.1) is 14.2 Å². The lowest BCUT2D eigenvalue weighted by atomic mass is 10.2. The summed E-state index contributed by atoms with van der Waals surface area (Å²) in [7, 11) is 2.86. The number of hydrogen-bond acceptors (Lipinski definition) is 10. The van der Waals surface area contributed by atoms with Crippen molar-refractivity contribution in [3.63, 3.8) is 0 Å². The minimum absolute atomic E-state index is 0.101. The van der Waals surface area contributed by atoms with Crippen molar-refractivity contribution < 1.29 is 38.7 Å². The maximum Gasteiger partial charge on any atom is 0.415 e. The predicted molar refractivity (Wildman–Crippen MR) is 306 cm³/mol. The summed E-state index contributed by atoms with van der Waals surface area (Å²) in [4.78, 5) is 13.7. The average molecular weight is 1030 g/mol. The normalized spacial score (nSPS) is 9.82. The Bertz CT molecular complexity index is 3920. The Hall–Kier alpha value is -12.3. The molecule has 0 aliphatic rings. The quantitative estimate of drug-likeness (QED) is 0.0979. The number of hydrogen-bond donors (Lipinski definition) is 5. The molecule has 0 fully saturated rings. The van der Waals surface area contributed by atoms with E-state index >= 15 is 0 Å². The zero-order chi connectivity index (χ0) is 56.9. The number of benzene rings is 3. The SMILES string of the molecule is CC#CC#CC#CC#CC#CC#CC#CC#CC#CC#CC#CC#CC#CC#CC#CC#CC#CC(NC(=O)Oc1ccc(/C=C/C)cc1)(NC(O)Oc1ccc(/C=C/C)cc1OC)NC(O)Oc1ccc(/C=C/C)cc1OC. The van der Waals surface area contributed by atoms with Crippen LogP contribution in [0.5, 0.6) is 28.7 Å². The predicted octanol–water partition coefficient (Wildman–Crippen LogP) is 5.51. The van der Waals surface area contributed by atoms with Crippen LogP contribution in [0.2, 0.25) is 0 Å². The third-order valence-corrected chi connectivity index (χ3v) is 8.30. The van der Waals surface area contributed by atoms with Crippen LogP contribution >= 0.6 is 0 Å². The molecule has 2 atom stereocenters. The number of carbonyl (C=O) groups excluding carboxylic acids is 1. The first-order chi connectivity index (χ1) is 38.7. The fourth-order valence-corrected chi connectivity index (χ4v) is 5.29. The van der Waals surface area contributed by atoms with Crippen LogP contribution in [-0.4, -0.2) is 49.1 Å². The van der Waals surface area contributed by atoms with E-state index < -0.39 is 24.7 Å². The molecular weight excluding hydrogens is 987 g/mol. The standard InChI is InChI=1S/C68H41N3O8/c1-7-11-12-13-14-15-16-17-18-19-20-21-22-23-24-25-26-27-28-29-30-31-32-33-34-35-36-37-38-39-40-41-42-54-68(69-65(72)77-60-50-46-57(43-8-2)47-51-60,70-66(73)78-61-52-48-58(44-9-3)55-63(61)75-5)71-67(74)79-62-53-49-59(45-10-4)56-64(62)76-6/h8-10,43-53,55-56,66-67,70-71,73-74H,1-6H3,(H,69,72)/b43-8+,44-9+,45-10+. The van der Waals surface area contributed by atoms with Crippen LogP contribution in [-0.2, 0) is 0 Å². The van der Waals surface area contributed by atoms with E-state index in [0.29, 0.717) is 0 Å². The van der Waals surface area contributed by atoms with Gasteiger partial charge in [0.1, 0.15) is 5.75 Å². The van der Waals surface area contributed by atoms with E-state index in [1.807, 2.05) is 57.2 Å². The third kappa shape index (κ3) is 26.8. The van der Waals surface area contributed by atoms with Crippen LogP contribution in [0.1, 0.15) is 44.4 Å². The number of ether oxygens (including phenoxy) is 5. The first-order valence-electron chi connectivity index (χ1n) is 22.7. The first-order valence-corrected chi connectivity index (χ1v) is 22.7. The van der Waals surface area contributed by atoms with Gasteiger partial charge in [0.15, 0.2) is 23.0 Å². The van der Waals surface area contributed by atoms with Crippen molar-refractivity contribution in [2.45, 2.75) is 46.3 Å². The minimum Gasteiger partial charge on any atom is -0.493 e. The highest BCUT2D eigenvalue weighted by Gasteiger charge is 2.37. The smallest absolute Gasteiger partial charge is 0.415 e. The molecule has 79 heavy (non-hydrogen) atoms. The van der Waals surface area contributed by atoms with Crippen LogP contribution in [0.4, 0.5) is 4.79 Å². The van der Waals surface area contributed by atoms with E-state index in [4.69, 9.17) is 23.7 Å². The molecule has 1 amide bonds. The van der Waals surface area contributed by atoms with E-state index in [2.05, 4.69) is 217 Å². The van der Waals surface area contributed by atoms with Crippen molar-refractivity contribution in [1.82, 2.24) is 16.0 Å². The number of methoxy groups -OCH3 is 2. The molecule has 0 saturated heterocycles. The van der Waals surface area contributed by atoms with Gasteiger partial charge < -0.3 is 33.9 Å². The van der Waals surface area contributed by atoms with E-state index in [1.165, 1.54) is 14.2 Å². The van der Waals surface area contributed by atoms with Gasteiger partial charge in [-0.15, -0.1) is 0 Å². The molecule has 2 unspecified atom stereocenters. The second kappa shape index (κ2) is 38.3. The number of rotatable bonds is 15. The van der Waals surface area contributed by atoms with Gasteiger partial charge in [-0.25, -0.2) is 15.4 Å². The summed E-state index contributed by atoms with van der Waals surface area (Å²) >= 11 is 0. The molecule has 5 N–H and O–H groups in total. The maximum absolute atomic E-state index is 13.7. The van der Waals surface area contributed by atoms with Crippen molar-refractivity contribution in [1.29, 1.82) is 0 Å². The molecular formula is C68H41N3O8. The maximum atomic E-state index is 13.7. The van der Waals surface area contributed by atoms with Crippen LogP contribution < -0.4 is 39.6 Å². The van der Waals surface area contributed by atoms with Crippen molar-refractivity contribution in [3.8, 4) is 230 Å². The topological polar surface area (TPSA) is 140 Å². The lowest BCUT2D eigenvalue weighted by Crippen LogP contribution is -2.72. The molecule has 376 valence electrons. The highest BCUT2D eigenvalue weighted by molar-refractivity contribution is 5.72. The summed E-state index contributed by atoms with van der Waals surface area (Å²) in [6.45, 7) is 7.27. The summed E-state index contributed by atoms with van der Waals surface area (Å²) in [5.74, 6) is 84.2. The number of allylic oxidation sites excluding steroid dienone is 3. The second-order valence-corrected chi connectivity index (χ2v) is 13.8. The van der Waals surface area contributed by atoms with Crippen molar-refractivity contribution >= 4 is 24.3 Å². The Kier molecular flexibility index (Phi) is 29.6. The highest BCUT2D eigenvalue weighted by atomic mass is 16.6. The van der Waals surface area contributed by atoms with Gasteiger partial charge in [0.25, 0.3) is 12.8 Å². The zero-order valence-electron chi connectivity index (χ0n) is 43.2. The highest BCUT2D eigenvalue weighted by Crippen LogP contribution is 2.30. The summed E-state index contributed by atoms with van der Waals surface area (Å²) in [6.07, 6.45) is 6.05. The molecule has 0 radical (unpaired) electrons. The fraction of sp³-hybridized carbons (Fsp3) is 0.132. The molecule has 0 aromatic heterocycles. The lowest BCUT2D eigenvalue weighted by molar-refractivity contribution is -0.103. The monoisotopic (exact) mass is 1030 g/mol. The Labute approximate surface area is 463 Å². The van der Waals surface area contributed by atoms with Crippen LogP contribution in [0.15, 0.2) is 78.9 Å². The van der Waals surface area contributed by atoms with Gasteiger partial charge in [-0.05, 0) is 181 Å². The molecule has 11 heteroatoms. The minimum atomic E-state index is -2.35.